The van der Waals surface area contributed by atoms with Gasteiger partial charge in [-0.3, -0.25) is 4.79 Å². The second kappa shape index (κ2) is 5.41. The number of carbonyl (C=O) groups is 1. The van der Waals surface area contributed by atoms with Crippen molar-refractivity contribution in [3.05, 3.63) is 39.7 Å². The van der Waals surface area contributed by atoms with Gasteiger partial charge in [-0.15, -0.1) is 0 Å². The number of fused-ring (bicyclic) bond motifs is 2. The predicted molar refractivity (Wildman–Crippen MR) is 95.9 cm³/mol. The van der Waals surface area contributed by atoms with Crippen LogP contribution < -0.4 is 11.1 Å². The van der Waals surface area contributed by atoms with E-state index in [4.69, 9.17) is 5.73 Å². The van der Waals surface area contributed by atoms with Gasteiger partial charge in [0.1, 0.15) is 5.82 Å². The normalized spacial score (nSPS) is 26.5. The van der Waals surface area contributed by atoms with E-state index in [1.54, 1.807) is 0 Å². The lowest BCUT2D eigenvalue weighted by molar-refractivity contribution is 0.0999. The van der Waals surface area contributed by atoms with E-state index < -0.39 is 5.91 Å². The lowest BCUT2D eigenvalue weighted by Crippen LogP contribution is -2.30. The molecule has 1 atom stereocenters. The average molecular weight is 340 g/mol. The summed E-state index contributed by atoms with van der Waals surface area (Å²) >= 11 is 0. The van der Waals surface area contributed by atoms with Gasteiger partial charge in [-0.2, -0.15) is 0 Å². The first-order chi connectivity index (χ1) is 12.1. The number of nitrogens with one attached hydrogen (secondary N) is 1. The summed E-state index contributed by atoms with van der Waals surface area (Å²) in [7, 11) is 0. The van der Waals surface area contributed by atoms with Crippen molar-refractivity contribution < 1.29 is 9.18 Å². The van der Waals surface area contributed by atoms with Crippen LogP contribution >= 0.6 is 0 Å². The molecule has 3 aliphatic carbocycles. The van der Waals surface area contributed by atoms with E-state index in [0.29, 0.717) is 11.0 Å². The molecule has 1 aromatic rings. The number of amides is 1. The number of allylic oxidation sites excluding steroid dienone is 2. The Morgan fingerprint density at radius 3 is 2.84 bits per heavy atom. The lowest BCUT2D eigenvalue weighted by atomic mass is 9.78. The minimum Gasteiger partial charge on any atom is -0.366 e. The van der Waals surface area contributed by atoms with E-state index in [9.17, 15) is 4.79 Å². The highest BCUT2D eigenvalue weighted by Gasteiger charge is 2.48. The first-order valence-corrected chi connectivity index (χ1v) is 9.65. The van der Waals surface area contributed by atoms with Crippen LogP contribution in [0.1, 0.15) is 77.9 Å². The summed E-state index contributed by atoms with van der Waals surface area (Å²) in [6, 6.07) is 1.41. The second-order valence-electron chi connectivity index (χ2n) is 8.52. The predicted octanol–water partition coefficient (Wildman–Crippen LogP) is 3.67. The van der Waals surface area contributed by atoms with Crippen LogP contribution in [0.5, 0.6) is 0 Å². The molecule has 0 radical (unpaired) electrons. The third-order valence-corrected chi connectivity index (χ3v) is 6.98. The molecule has 1 spiro atoms. The van der Waals surface area contributed by atoms with Crippen LogP contribution in [0.2, 0.25) is 0 Å². The fourth-order valence-corrected chi connectivity index (χ4v) is 5.39. The zero-order valence-corrected chi connectivity index (χ0v) is 14.6. The fourth-order valence-electron chi connectivity index (χ4n) is 5.39. The molecule has 4 aliphatic rings. The second-order valence-corrected chi connectivity index (χ2v) is 8.52. The molecule has 0 bridgehead atoms. The largest absolute Gasteiger partial charge is 0.366 e. The van der Waals surface area contributed by atoms with E-state index in [2.05, 4.69) is 5.32 Å². The van der Waals surface area contributed by atoms with Crippen molar-refractivity contribution in [1.82, 2.24) is 5.32 Å². The monoisotopic (exact) mass is 340 g/mol. The van der Waals surface area contributed by atoms with Gasteiger partial charge < -0.3 is 11.1 Å². The first-order valence-electron chi connectivity index (χ1n) is 9.65. The highest BCUT2D eigenvalue weighted by molar-refractivity contribution is 5.98. The van der Waals surface area contributed by atoms with E-state index in [1.807, 2.05) is 0 Å². The SMILES string of the molecule is NC(=O)c1cc(F)c(C2CCCNC2)c2c1CC1=C2CC2(CC1)CC2. The van der Waals surface area contributed by atoms with Gasteiger partial charge >= 0.3 is 0 Å². The minimum atomic E-state index is -0.496. The van der Waals surface area contributed by atoms with Crippen molar-refractivity contribution >= 4 is 11.5 Å². The Morgan fingerprint density at radius 1 is 1.32 bits per heavy atom. The molecule has 3 N–H and O–H groups in total. The third kappa shape index (κ3) is 2.37. The van der Waals surface area contributed by atoms with Crippen molar-refractivity contribution in [2.75, 3.05) is 13.1 Å². The molecule has 132 valence electrons. The molecular weight excluding hydrogens is 315 g/mol. The number of rotatable bonds is 2. The lowest BCUT2D eigenvalue weighted by Gasteiger charge is -2.29. The van der Waals surface area contributed by atoms with Crippen molar-refractivity contribution in [2.45, 2.75) is 57.3 Å². The summed E-state index contributed by atoms with van der Waals surface area (Å²) in [4.78, 5) is 12.0. The van der Waals surface area contributed by atoms with Crippen LogP contribution in [0.25, 0.3) is 5.57 Å². The van der Waals surface area contributed by atoms with Crippen molar-refractivity contribution in [2.24, 2.45) is 11.1 Å². The number of halogens is 1. The standard InChI is InChI=1S/C21H25FN2O/c22-17-9-15(20(23)25)14-8-12-3-4-21(5-6-21)10-16(12)19(14)18(17)13-2-1-7-24-11-13/h9,13,24H,1-8,10-11H2,(H2,23,25). The number of hydrogen-bond donors (Lipinski definition) is 2. The number of hydrogen-bond acceptors (Lipinski definition) is 2. The Hall–Kier alpha value is -1.68. The fraction of sp³-hybridized carbons (Fsp3) is 0.571. The quantitative estimate of drug-likeness (QED) is 0.863. The summed E-state index contributed by atoms with van der Waals surface area (Å²) in [6.07, 6.45) is 8.93. The van der Waals surface area contributed by atoms with E-state index in [0.717, 1.165) is 61.9 Å². The van der Waals surface area contributed by atoms with Crippen LogP contribution in [0, 0.1) is 11.2 Å². The third-order valence-electron chi connectivity index (χ3n) is 6.98. The molecule has 2 fully saturated rings. The van der Waals surface area contributed by atoms with Gasteiger partial charge in [0.2, 0.25) is 5.91 Å². The number of piperidine rings is 1. The Bertz CT molecular complexity index is 801. The molecule has 25 heavy (non-hydrogen) atoms. The van der Waals surface area contributed by atoms with Crippen molar-refractivity contribution in [3.63, 3.8) is 0 Å². The Labute approximate surface area is 147 Å². The van der Waals surface area contributed by atoms with Crippen LogP contribution in [-0.4, -0.2) is 19.0 Å². The van der Waals surface area contributed by atoms with Gasteiger partial charge in [0.05, 0.1) is 0 Å². The molecule has 1 saturated carbocycles. The molecule has 3 nitrogen and oxygen atoms in total. The summed E-state index contributed by atoms with van der Waals surface area (Å²) in [6.45, 7) is 1.84. The van der Waals surface area contributed by atoms with Gasteiger partial charge in [-0.25, -0.2) is 4.39 Å². The zero-order valence-electron chi connectivity index (χ0n) is 14.6. The highest BCUT2D eigenvalue weighted by Crippen LogP contribution is 2.61. The van der Waals surface area contributed by atoms with Crippen LogP contribution in [0.4, 0.5) is 4.39 Å². The maximum absolute atomic E-state index is 15.2. The number of nitrogens with two attached hydrogens (primary N) is 1. The van der Waals surface area contributed by atoms with Crippen LogP contribution in [0.15, 0.2) is 11.6 Å². The van der Waals surface area contributed by atoms with E-state index >= 15 is 4.39 Å². The van der Waals surface area contributed by atoms with E-state index in [-0.39, 0.29) is 11.7 Å². The zero-order chi connectivity index (χ0) is 17.2. The molecule has 1 saturated heterocycles. The summed E-state index contributed by atoms with van der Waals surface area (Å²) in [5.74, 6) is -0.525. The average Bonchev–Trinajstić information content (AvgIpc) is 3.26. The maximum Gasteiger partial charge on any atom is 0.249 e. The molecule has 1 unspecified atom stereocenters. The summed E-state index contributed by atoms with van der Waals surface area (Å²) in [5.41, 5.74) is 12.2. The van der Waals surface area contributed by atoms with Crippen LogP contribution in [-0.2, 0) is 6.42 Å². The first kappa shape index (κ1) is 15.6. The minimum absolute atomic E-state index is 0.202. The molecule has 1 heterocycles. The van der Waals surface area contributed by atoms with Crippen molar-refractivity contribution in [1.29, 1.82) is 0 Å². The Morgan fingerprint density at radius 2 is 2.16 bits per heavy atom. The van der Waals surface area contributed by atoms with Gasteiger partial charge in [0, 0.05) is 17.7 Å². The number of benzene rings is 1. The molecule has 1 amide bonds. The van der Waals surface area contributed by atoms with Crippen molar-refractivity contribution in [3.8, 4) is 0 Å². The molecule has 1 aliphatic heterocycles. The Kier molecular flexibility index (Phi) is 3.37. The molecule has 1 aromatic carbocycles. The van der Waals surface area contributed by atoms with E-state index in [1.165, 1.54) is 36.5 Å². The van der Waals surface area contributed by atoms with Gasteiger partial charge in [0.15, 0.2) is 0 Å². The molecule has 0 aromatic heterocycles. The highest BCUT2D eigenvalue weighted by atomic mass is 19.1. The Balaban J connectivity index is 1.69. The molecule has 4 heteroatoms. The maximum atomic E-state index is 15.2. The topological polar surface area (TPSA) is 55.1 Å². The molecular formula is C21H25FN2O. The van der Waals surface area contributed by atoms with Gasteiger partial charge in [-0.1, -0.05) is 5.57 Å². The molecule has 5 rings (SSSR count). The van der Waals surface area contributed by atoms with Gasteiger partial charge in [0.25, 0.3) is 0 Å². The number of carbonyl (C=O) groups excluding carboxylic acids is 1. The van der Waals surface area contributed by atoms with Gasteiger partial charge in [-0.05, 0) is 92.0 Å². The smallest absolute Gasteiger partial charge is 0.249 e. The number of primary amides is 1. The summed E-state index contributed by atoms with van der Waals surface area (Å²) in [5, 5.41) is 3.42. The van der Waals surface area contributed by atoms with Crippen LogP contribution in [0.3, 0.4) is 0 Å². The summed E-state index contributed by atoms with van der Waals surface area (Å²) < 4.78 is 15.2.